The molecule has 8 heteroatoms. The quantitative estimate of drug-likeness (QED) is 0.783. The Balaban J connectivity index is 1.70. The molecule has 1 aliphatic heterocycles. The second kappa shape index (κ2) is 5.64. The topological polar surface area (TPSA) is 82.4 Å². The Kier molecular flexibility index (Phi) is 3.58. The summed E-state index contributed by atoms with van der Waals surface area (Å²) in [7, 11) is -3.13. The van der Waals surface area contributed by atoms with Gasteiger partial charge in [-0.05, 0) is 18.2 Å². The molecule has 0 unspecified atom stereocenters. The van der Waals surface area contributed by atoms with E-state index in [2.05, 4.69) is 20.9 Å². The Hall–Kier alpha value is -2.32. The van der Waals surface area contributed by atoms with Crippen LogP contribution in [-0.4, -0.2) is 55.1 Å². The average Bonchev–Trinajstić information content (AvgIpc) is 3.24. The number of nitrogens with zero attached hydrogens (tertiary/aromatic N) is 3. The van der Waals surface area contributed by atoms with Crippen molar-refractivity contribution in [1.29, 1.82) is 0 Å². The van der Waals surface area contributed by atoms with Crippen LogP contribution in [0.2, 0.25) is 0 Å². The van der Waals surface area contributed by atoms with Crippen molar-refractivity contribution >= 4 is 26.6 Å². The fourth-order valence-electron chi connectivity index (χ4n) is 3.16. The molecule has 4 rings (SSSR count). The average molecular weight is 346 g/mol. The van der Waals surface area contributed by atoms with Crippen LogP contribution in [0.1, 0.15) is 0 Å². The number of nitrogens with one attached hydrogen (secondary N) is 1. The molecule has 3 heterocycles. The molecule has 1 aromatic carbocycles. The highest BCUT2D eigenvalue weighted by Crippen LogP contribution is 2.33. The first kappa shape index (κ1) is 15.2. The molecule has 7 nitrogen and oxygen atoms in total. The zero-order valence-electron chi connectivity index (χ0n) is 13.3. The van der Waals surface area contributed by atoms with Crippen LogP contribution in [0.15, 0.2) is 41.3 Å². The van der Waals surface area contributed by atoms with Crippen molar-refractivity contribution in [3.8, 4) is 11.5 Å². The SMILES string of the molecule is CS(=O)(=O)N1CCN(c2cc(-c3ncco3)cc3[nH]ccc23)CC1. The van der Waals surface area contributed by atoms with Gasteiger partial charge >= 0.3 is 0 Å². The second-order valence-corrected chi connectivity index (χ2v) is 7.90. The van der Waals surface area contributed by atoms with E-state index >= 15 is 0 Å². The molecule has 0 bridgehead atoms. The minimum atomic E-state index is -3.13. The van der Waals surface area contributed by atoms with Crippen LogP contribution >= 0.6 is 0 Å². The van der Waals surface area contributed by atoms with Crippen molar-refractivity contribution in [2.75, 3.05) is 37.3 Å². The van der Waals surface area contributed by atoms with E-state index in [0.29, 0.717) is 32.1 Å². The monoisotopic (exact) mass is 346 g/mol. The smallest absolute Gasteiger partial charge is 0.226 e. The van der Waals surface area contributed by atoms with Crippen molar-refractivity contribution in [1.82, 2.24) is 14.3 Å². The molecule has 2 aromatic heterocycles. The lowest BCUT2D eigenvalue weighted by atomic mass is 10.1. The molecule has 0 amide bonds. The number of H-pyrrole nitrogens is 1. The molecule has 126 valence electrons. The Bertz CT molecular complexity index is 955. The maximum Gasteiger partial charge on any atom is 0.226 e. The molecule has 1 saturated heterocycles. The fourth-order valence-corrected chi connectivity index (χ4v) is 3.99. The van der Waals surface area contributed by atoms with Crippen LogP contribution in [0.3, 0.4) is 0 Å². The van der Waals surface area contributed by atoms with E-state index in [-0.39, 0.29) is 0 Å². The zero-order chi connectivity index (χ0) is 16.7. The van der Waals surface area contributed by atoms with E-state index in [9.17, 15) is 8.42 Å². The summed E-state index contributed by atoms with van der Waals surface area (Å²) in [5.41, 5.74) is 2.97. The fraction of sp³-hybridized carbons (Fsp3) is 0.312. The van der Waals surface area contributed by atoms with Crippen molar-refractivity contribution in [3.05, 3.63) is 36.9 Å². The lowest BCUT2D eigenvalue weighted by Gasteiger charge is -2.35. The van der Waals surface area contributed by atoms with Crippen LogP contribution in [0.5, 0.6) is 0 Å². The number of aromatic nitrogens is 2. The lowest BCUT2D eigenvalue weighted by molar-refractivity contribution is 0.388. The van der Waals surface area contributed by atoms with Crippen molar-refractivity contribution in [2.45, 2.75) is 0 Å². The number of sulfonamides is 1. The molecule has 24 heavy (non-hydrogen) atoms. The summed E-state index contributed by atoms with van der Waals surface area (Å²) in [5, 5.41) is 1.11. The largest absolute Gasteiger partial charge is 0.445 e. The van der Waals surface area contributed by atoms with Gasteiger partial charge in [0.05, 0.1) is 12.5 Å². The second-order valence-electron chi connectivity index (χ2n) is 5.92. The van der Waals surface area contributed by atoms with Crippen LogP contribution in [-0.2, 0) is 10.0 Å². The minimum Gasteiger partial charge on any atom is -0.445 e. The van der Waals surface area contributed by atoms with Gasteiger partial charge < -0.3 is 14.3 Å². The van der Waals surface area contributed by atoms with Crippen molar-refractivity contribution in [3.63, 3.8) is 0 Å². The van der Waals surface area contributed by atoms with Crippen LogP contribution in [0.4, 0.5) is 5.69 Å². The van der Waals surface area contributed by atoms with Crippen LogP contribution < -0.4 is 4.90 Å². The molecule has 0 radical (unpaired) electrons. The summed E-state index contributed by atoms with van der Waals surface area (Å²) in [6.07, 6.45) is 6.34. The lowest BCUT2D eigenvalue weighted by Crippen LogP contribution is -2.48. The van der Waals surface area contributed by atoms with Gasteiger partial charge in [0.15, 0.2) is 0 Å². The van der Waals surface area contributed by atoms with Gasteiger partial charge in [0, 0.05) is 54.5 Å². The van der Waals surface area contributed by atoms with E-state index in [1.165, 1.54) is 10.6 Å². The van der Waals surface area contributed by atoms with E-state index in [0.717, 1.165) is 22.2 Å². The standard InChI is InChI=1S/C16H18N4O3S/c1-24(21,22)20-7-5-19(6-8-20)15-11-12(16-18-4-9-23-16)10-14-13(15)2-3-17-14/h2-4,9-11,17H,5-8H2,1H3. The third kappa shape index (κ3) is 2.67. The summed E-state index contributed by atoms with van der Waals surface area (Å²) < 4.78 is 30.3. The number of oxazole rings is 1. The normalized spacial score (nSPS) is 16.8. The molecule has 1 fully saturated rings. The predicted octanol–water partition coefficient (Wildman–Crippen LogP) is 1.90. The molecular formula is C16H18N4O3S. The molecule has 0 saturated carbocycles. The summed E-state index contributed by atoms with van der Waals surface area (Å²) in [5.74, 6) is 0.572. The van der Waals surface area contributed by atoms with E-state index in [1.54, 1.807) is 12.5 Å². The van der Waals surface area contributed by atoms with Gasteiger partial charge in [-0.25, -0.2) is 13.4 Å². The predicted molar refractivity (Wildman–Crippen MR) is 92.4 cm³/mol. The highest BCUT2D eigenvalue weighted by Gasteiger charge is 2.25. The van der Waals surface area contributed by atoms with Gasteiger partial charge in [-0.2, -0.15) is 4.31 Å². The summed E-state index contributed by atoms with van der Waals surface area (Å²) in [4.78, 5) is 9.67. The minimum absolute atomic E-state index is 0.494. The first-order valence-electron chi connectivity index (χ1n) is 7.73. The number of hydrogen-bond acceptors (Lipinski definition) is 5. The van der Waals surface area contributed by atoms with Gasteiger partial charge in [0.2, 0.25) is 15.9 Å². The van der Waals surface area contributed by atoms with E-state index in [1.807, 2.05) is 18.3 Å². The van der Waals surface area contributed by atoms with Gasteiger partial charge in [0.1, 0.15) is 6.26 Å². The Morgan fingerprint density at radius 2 is 2.00 bits per heavy atom. The van der Waals surface area contributed by atoms with Gasteiger partial charge in [-0.1, -0.05) is 0 Å². The molecular weight excluding hydrogens is 328 g/mol. The third-order valence-electron chi connectivity index (χ3n) is 4.37. The number of hydrogen-bond donors (Lipinski definition) is 1. The molecule has 3 aromatic rings. The number of aromatic amines is 1. The highest BCUT2D eigenvalue weighted by molar-refractivity contribution is 7.88. The Labute approximate surface area is 139 Å². The number of anilines is 1. The number of fused-ring (bicyclic) bond motifs is 1. The molecule has 1 aliphatic rings. The van der Waals surface area contributed by atoms with Crippen molar-refractivity contribution in [2.24, 2.45) is 0 Å². The van der Waals surface area contributed by atoms with Gasteiger partial charge in [-0.3, -0.25) is 0 Å². The number of benzene rings is 1. The first-order chi connectivity index (χ1) is 11.5. The van der Waals surface area contributed by atoms with Gasteiger partial charge in [-0.15, -0.1) is 0 Å². The van der Waals surface area contributed by atoms with Gasteiger partial charge in [0.25, 0.3) is 0 Å². The highest BCUT2D eigenvalue weighted by atomic mass is 32.2. The Morgan fingerprint density at radius 3 is 2.67 bits per heavy atom. The van der Waals surface area contributed by atoms with Crippen LogP contribution in [0, 0.1) is 0 Å². The summed E-state index contributed by atoms with van der Waals surface area (Å²) in [6.45, 7) is 2.30. The molecule has 0 atom stereocenters. The maximum atomic E-state index is 11.7. The summed E-state index contributed by atoms with van der Waals surface area (Å²) >= 11 is 0. The maximum absolute atomic E-state index is 11.7. The molecule has 0 aliphatic carbocycles. The first-order valence-corrected chi connectivity index (χ1v) is 9.58. The zero-order valence-corrected chi connectivity index (χ0v) is 14.1. The molecule has 0 spiro atoms. The molecule has 1 N–H and O–H groups in total. The van der Waals surface area contributed by atoms with Crippen LogP contribution in [0.25, 0.3) is 22.4 Å². The third-order valence-corrected chi connectivity index (χ3v) is 5.68. The Morgan fingerprint density at radius 1 is 1.21 bits per heavy atom. The number of rotatable bonds is 3. The number of piperazine rings is 1. The van der Waals surface area contributed by atoms with E-state index < -0.39 is 10.0 Å². The summed E-state index contributed by atoms with van der Waals surface area (Å²) in [6, 6.07) is 6.10. The van der Waals surface area contributed by atoms with Crippen molar-refractivity contribution < 1.29 is 12.8 Å². The van der Waals surface area contributed by atoms with E-state index in [4.69, 9.17) is 4.42 Å².